The maximum atomic E-state index is 14.1. The molecule has 4 nitrogen and oxygen atoms in total. The molecule has 27 heavy (non-hydrogen) atoms. The summed E-state index contributed by atoms with van der Waals surface area (Å²) in [5, 5.41) is 6.63. The van der Waals surface area contributed by atoms with E-state index in [-0.39, 0.29) is 5.82 Å². The first-order chi connectivity index (χ1) is 13.0. The SMILES string of the molecule is C#CC(=O)NCc1cccc(NCC#Cc2cc(F)c3nc(C)sc3c2)c1. The van der Waals surface area contributed by atoms with E-state index in [1.165, 1.54) is 17.4 Å². The highest BCUT2D eigenvalue weighted by molar-refractivity contribution is 7.18. The quantitative estimate of drug-likeness (QED) is 0.685. The van der Waals surface area contributed by atoms with Crippen LogP contribution < -0.4 is 10.6 Å². The molecule has 2 N–H and O–H groups in total. The molecule has 0 aliphatic rings. The van der Waals surface area contributed by atoms with E-state index in [9.17, 15) is 9.18 Å². The zero-order valence-corrected chi connectivity index (χ0v) is 15.4. The number of hydrogen-bond donors (Lipinski definition) is 2. The molecule has 134 valence electrons. The number of aromatic nitrogens is 1. The lowest BCUT2D eigenvalue weighted by atomic mass is 10.2. The fraction of sp³-hybridized carbons (Fsp3) is 0.143. The second kappa shape index (κ2) is 8.35. The molecule has 0 aliphatic heterocycles. The number of terminal acetylenes is 1. The number of halogens is 1. The smallest absolute Gasteiger partial charge is 0.295 e. The van der Waals surface area contributed by atoms with Crippen LogP contribution in [0.1, 0.15) is 16.1 Å². The van der Waals surface area contributed by atoms with Crippen LogP contribution in [0.5, 0.6) is 0 Å². The Bertz CT molecular complexity index is 1100. The van der Waals surface area contributed by atoms with Gasteiger partial charge in [-0.15, -0.1) is 17.8 Å². The van der Waals surface area contributed by atoms with Crippen LogP contribution in [-0.2, 0) is 11.3 Å². The van der Waals surface area contributed by atoms with Crippen molar-refractivity contribution in [2.75, 3.05) is 11.9 Å². The van der Waals surface area contributed by atoms with Crippen molar-refractivity contribution in [3.05, 3.63) is 58.3 Å². The van der Waals surface area contributed by atoms with Gasteiger partial charge in [-0.1, -0.05) is 24.0 Å². The third-order valence-electron chi connectivity index (χ3n) is 3.68. The minimum absolute atomic E-state index is 0.351. The van der Waals surface area contributed by atoms with Crippen molar-refractivity contribution in [1.29, 1.82) is 0 Å². The summed E-state index contributed by atoms with van der Waals surface area (Å²) in [6.07, 6.45) is 5.02. The Balaban J connectivity index is 1.62. The normalized spacial score (nSPS) is 9.96. The average Bonchev–Trinajstić information content (AvgIpc) is 3.04. The number of nitrogens with one attached hydrogen (secondary N) is 2. The number of rotatable bonds is 4. The highest BCUT2D eigenvalue weighted by Crippen LogP contribution is 2.25. The highest BCUT2D eigenvalue weighted by atomic mass is 32.1. The van der Waals surface area contributed by atoms with E-state index in [4.69, 9.17) is 6.42 Å². The van der Waals surface area contributed by atoms with Gasteiger partial charge in [0.05, 0.1) is 16.3 Å². The van der Waals surface area contributed by atoms with Crippen molar-refractivity contribution >= 4 is 33.1 Å². The zero-order valence-electron chi connectivity index (χ0n) is 14.6. The Hall–Kier alpha value is -3.35. The third-order valence-corrected chi connectivity index (χ3v) is 4.60. The maximum absolute atomic E-state index is 14.1. The van der Waals surface area contributed by atoms with Crippen molar-refractivity contribution in [1.82, 2.24) is 10.3 Å². The van der Waals surface area contributed by atoms with Gasteiger partial charge in [-0.3, -0.25) is 4.79 Å². The fourth-order valence-electron chi connectivity index (χ4n) is 2.49. The average molecular weight is 377 g/mol. The molecule has 0 saturated heterocycles. The summed E-state index contributed by atoms with van der Waals surface area (Å²) in [5.41, 5.74) is 2.81. The van der Waals surface area contributed by atoms with E-state index in [1.54, 1.807) is 0 Å². The lowest BCUT2D eigenvalue weighted by Gasteiger charge is -2.06. The monoisotopic (exact) mass is 377 g/mol. The molecule has 0 fully saturated rings. The van der Waals surface area contributed by atoms with Crippen LogP contribution in [0.2, 0.25) is 0 Å². The second-order valence-electron chi connectivity index (χ2n) is 5.72. The van der Waals surface area contributed by atoms with Crippen molar-refractivity contribution in [3.63, 3.8) is 0 Å². The van der Waals surface area contributed by atoms with E-state index in [2.05, 4.69) is 27.5 Å². The first kappa shape index (κ1) is 18.4. The van der Waals surface area contributed by atoms with Crippen LogP contribution >= 0.6 is 11.3 Å². The van der Waals surface area contributed by atoms with Crippen LogP contribution in [0.15, 0.2) is 36.4 Å². The number of hydrogen-bond acceptors (Lipinski definition) is 4. The van der Waals surface area contributed by atoms with E-state index < -0.39 is 5.91 Å². The Morgan fingerprint density at radius 3 is 3.00 bits per heavy atom. The van der Waals surface area contributed by atoms with Gasteiger partial charge in [0.2, 0.25) is 0 Å². The number of aryl methyl sites for hydroxylation is 1. The molecule has 6 heteroatoms. The van der Waals surface area contributed by atoms with E-state index in [1.807, 2.05) is 43.2 Å². The summed E-state index contributed by atoms with van der Waals surface area (Å²) < 4.78 is 14.8. The highest BCUT2D eigenvalue weighted by Gasteiger charge is 2.07. The van der Waals surface area contributed by atoms with Gasteiger partial charge in [-0.2, -0.15) is 0 Å². The number of thiazole rings is 1. The molecule has 1 amide bonds. The summed E-state index contributed by atoms with van der Waals surface area (Å²) in [7, 11) is 0. The minimum atomic E-state index is -0.445. The molecule has 0 bridgehead atoms. The summed E-state index contributed by atoms with van der Waals surface area (Å²) in [4.78, 5) is 15.3. The van der Waals surface area contributed by atoms with E-state index >= 15 is 0 Å². The second-order valence-corrected chi connectivity index (χ2v) is 6.96. The standard InChI is InChI=1S/C21H16FN3OS/c1-3-20(26)24-13-16-6-4-8-17(10-16)23-9-5-7-15-11-18(22)21-19(12-15)27-14(2)25-21/h1,4,6,8,10-12,23H,9,13H2,2H3,(H,24,26). The van der Waals surface area contributed by atoms with Crippen LogP contribution in [0.3, 0.4) is 0 Å². The van der Waals surface area contributed by atoms with Gasteiger partial charge < -0.3 is 10.6 Å². The number of carbonyl (C=O) groups is 1. The van der Waals surface area contributed by atoms with Gasteiger partial charge in [0.25, 0.3) is 5.91 Å². The first-order valence-corrected chi connectivity index (χ1v) is 8.99. The number of fused-ring (bicyclic) bond motifs is 1. The topological polar surface area (TPSA) is 54.0 Å². The fourth-order valence-corrected chi connectivity index (χ4v) is 3.37. The molecule has 1 heterocycles. The number of nitrogens with zero attached hydrogens (tertiary/aromatic N) is 1. The molecule has 2 aromatic carbocycles. The zero-order chi connectivity index (χ0) is 19.2. The molecular formula is C21H16FN3OS. The van der Waals surface area contributed by atoms with Gasteiger partial charge in [-0.05, 0) is 42.7 Å². The largest absolute Gasteiger partial charge is 0.374 e. The van der Waals surface area contributed by atoms with Gasteiger partial charge in [0.1, 0.15) is 5.52 Å². The summed E-state index contributed by atoms with van der Waals surface area (Å²) in [6.45, 7) is 2.62. The Kier molecular flexibility index (Phi) is 5.71. The molecular weight excluding hydrogens is 361 g/mol. The molecule has 0 saturated carbocycles. The number of amides is 1. The van der Waals surface area contributed by atoms with Crippen molar-refractivity contribution < 1.29 is 9.18 Å². The lowest BCUT2D eigenvalue weighted by Crippen LogP contribution is -2.20. The number of benzene rings is 2. The Morgan fingerprint density at radius 2 is 2.19 bits per heavy atom. The van der Waals surface area contributed by atoms with Gasteiger partial charge in [-0.25, -0.2) is 9.37 Å². The van der Waals surface area contributed by atoms with Gasteiger partial charge in [0, 0.05) is 17.8 Å². The van der Waals surface area contributed by atoms with E-state index in [0.717, 1.165) is 21.0 Å². The lowest BCUT2D eigenvalue weighted by molar-refractivity contribution is -0.115. The minimum Gasteiger partial charge on any atom is -0.374 e. The molecule has 0 unspecified atom stereocenters. The van der Waals surface area contributed by atoms with Crippen molar-refractivity contribution in [2.45, 2.75) is 13.5 Å². The predicted octanol–water partition coefficient (Wildman–Crippen LogP) is 3.46. The number of anilines is 1. The Labute approximate surface area is 160 Å². The van der Waals surface area contributed by atoms with Crippen LogP contribution in [0.25, 0.3) is 10.2 Å². The molecule has 3 rings (SSSR count). The molecule has 0 radical (unpaired) electrons. The van der Waals surface area contributed by atoms with Crippen LogP contribution in [0, 0.1) is 36.9 Å². The number of carbonyl (C=O) groups excluding carboxylic acids is 1. The molecule has 0 atom stereocenters. The van der Waals surface area contributed by atoms with Crippen LogP contribution in [0.4, 0.5) is 10.1 Å². The van der Waals surface area contributed by atoms with Crippen molar-refractivity contribution in [3.8, 4) is 24.2 Å². The molecule has 0 aliphatic carbocycles. The third kappa shape index (κ3) is 4.84. The Morgan fingerprint density at radius 1 is 1.33 bits per heavy atom. The predicted molar refractivity (Wildman–Crippen MR) is 107 cm³/mol. The summed E-state index contributed by atoms with van der Waals surface area (Å²) >= 11 is 1.45. The first-order valence-electron chi connectivity index (χ1n) is 8.18. The maximum Gasteiger partial charge on any atom is 0.295 e. The van der Waals surface area contributed by atoms with E-state index in [0.29, 0.717) is 24.2 Å². The molecule has 3 aromatic rings. The molecule has 1 aromatic heterocycles. The summed E-state index contributed by atoms with van der Waals surface area (Å²) in [6, 6.07) is 10.8. The van der Waals surface area contributed by atoms with Gasteiger partial charge >= 0.3 is 0 Å². The van der Waals surface area contributed by atoms with Crippen LogP contribution in [-0.4, -0.2) is 17.4 Å². The van der Waals surface area contributed by atoms with Gasteiger partial charge in [0.15, 0.2) is 5.82 Å². The molecule has 0 spiro atoms. The summed E-state index contributed by atoms with van der Waals surface area (Å²) in [5.74, 6) is 7.17. The van der Waals surface area contributed by atoms with Crippen molar-refractivity contribution in [2.24, 2.45) is 0 Å².